The van der Waals surface area contributed by atoms with Crippen LogP contribution in [0.2, 0.25) is 0 Å². The van der Waals surface area contributed by atoms with E-state index in [2.05, 4.69) is 150 Å². The summed E-state index contributed by atoms with van der Waals surface area (Å²) in [4.78, 5) is 2.45. The van der Waals surface area contributed by atoms with Crippen LogP contribution < -0.4 is 46.8 Å². The molecule has 0 fully saturated rings. The monoisotopic (exact) mass is 525 g/mol. The number of para-hydroxylation sites is 1. The van der Waals surface area contributed by atoms with E-state index in [1.54, 1.807) is 0 Å². The lowest BCUT2D eigenvalue weighted by Gasteiger charge is -2.49. The maximum atomic E-state index is 6.79. The third-order valence-electron chi connectivity index (χ3n) is 9.00. The van der Waals surface area contributed by atoms with Crippen molar-refractivity contribution in [2.75, 3.05) is 4.90 Å². The van der Waals surface area contributed by atoms with Crippen LogP contribution in [0.4, 0.5) is 17.1 Å². The highest BCUT2D eigenvalue weighted by molar-refractivity contribution is 7.27. The molecule has 0 aliphatic carbocycles. The summed E-state index contributed by atoms with van der Waals surface area (Å²) in [5, 5.41) is 5.71. The fourth-order valence-corrected chi connectivity index (χ4v) is 12.9. The molecular weight excluding hydrogens is 501 g/mol. The van der Waals surface area contributed by atoms with Gasteiger partial charge in [0.05, 0.1) is 0 Å². The maximum Gasteiger partial charge on any atom is 0.256 e. The lowest BCUT2D eigenvalue weighted by atomic mass is 9.34. The normalized spacial score (nSPS) is 14.8. The van der Waals surface area contributed by atoms with Crippen molar-refractivity contribution in [2.45, 2.75) is 0 Å². The molecule has 6 aromatic rings. The van der Waals surface area contributed by atoms with Gasteiger partial charge < -0.3 is 9.64 Å². The highest BCUT2D eigenvalue weighted by atomic mass is 28.3. The summed E-state index contributed by atoms with van der Waals surface area (Å²) < 4.78 is 6.79. The number of hydrogen-bond acceptors (Lipinski definition) is 2. The Kier molecular flexibility index (Phi) is 4.47. The maximum absolute atomic E-state index is 6.79. The molecule has 6 aromatic carbocycles. The van der Waals surface area contributed by atoms with Gasteiger partial charge in [0, 0.05) is 17.1 Å². The second kappa shape index (κ2) is 8.11. The molecule has 0 saturated carbocycles. The minimum Gasteiger partial charge on any atom is -0.458 e. The van der Waals surface area contributed by atoms with Crippen LogP contribution in [0.15, 0.2) is 146 Å². The minimum absolute atomic E-state index is 0.130. The van der Waals surface area contributed by atoms with Gasteiger partial charge in [0.1, 0.15) is 11.5 Å². The molecule has 186 valence electrons. The average molecular weight is 525 g/mol. The van der Waals surface area contributed by atoms with Gasteiger partial charge in [0.25, 0.3) is 6.71 Å². The molecular formula is C36H24BNOSi. The van der Waals surface area contributed by atoms with Gasteiger partial charge in [-0.1, -0.05) is 109 Å². The Labute approximate surface area is 235 Å². The van der Waals surface area contributed by atoms with E-state index in [1.807, 2.05) is 0 Å². The summed E-state index contributed by atoms with van der Waals surface area (Å²) in [6.45, 7) is 0.130. The molecule has 0 N–H and O–H groups in total. The lowest BCUT2D eigenvalue weighted by molar-refractivity contribution is 0.488. The van der Waals surface area contributed by atoms with Gasteiger partial charge in [0.2, 0.25) is 0 Å². The first-order valence-corrected chi connectivity index (χ1v) is 15.9. The van der Waals surface area contributed by atoms with Gasteiger partial charge in [0.15, 0.2) is 8.07 Å². The van der Waals surface area contributed by atoms with E-state index in [4.69, 9.17) is 4.74 Å². The van der Waals surface area contributed by atoms with Crippen molar-refractivity contribution in [3.05, 3.63) is 146 Å². The zero-order valence-corrected chi connectivity index (χ0v) is 22.8. The van der Waals surface area contributed by atoms with Crippen molar-refractivity contribution in [2.24, 2.45) is 0 Å². The lowest BCUT2D eigenvalue weighted by Crippen LogP contribution is -2.87. The third kappa shape index (κ3) is 2.69. The fraction of sp³-hybridized carbons (Fsp3) is 0. The average Bonchev–Trinajstić information content (AvgIpc) is 3.03. The van der Waals surface area contributed by atoms with Crippen LogP contribution in [0.1, 0.15) is 0 Å². The van der Waals surface area contributed by atoms with Gasteiger partial charge in [-0.15, -0.1) is 0 Å². The second-order valence-electron chi connectivity index (χ2n) is 10.8. The summed E-state index contributed by atoms with van der Waals surface area (Å²) in [5.41, 5.74) is 7.68. The Morgan fingerprint density at radius 3 is 1.60 bits per heavy atom. The van der Waals surface area contributed by atoms with E-state index in [0.717, 1.165) is 11.5 Å². The van der Waals surface area contributed by atoms with Gasteiger partial charge in [-0.25, -0.2) is 0 Å². The topological polar surface area (TPSA) is 12.5 Å². The molecule has 9 rings (SSSR count). The molecule has 3 aliphatic heterocycles. The molecule has 4 heteroatoms. The number of hydrogen-bond donors (Lipinski definition) is 0. The Morgan fingerprint density at radius 2 is 0.950 bits per heavy atom. The Bertz CT molecular complexity index is 1900. The summed E-state index contributed by atoms with van der Waals surface area (Å²) >= 11 is 0. The number of rotatable bonds is 3. The number of benzene rings is 6. The van der Waals surface area contributed by atoms with E-state index in [1.165, 1.54) is 54.2 Å². The SMILES string of the molecule is c1ccc(N2c3cccc4c3B3c5c(cccc5[Si](c5ccccc5)(c5ccccc5)c5cccc2c53)O4)cc1. The number of nitrogens with zero attached hydrogens (tertiary/aromatic N) is 1. The van der Waals surface area contributed by atoms with Crippen LogP contribution in [0.5, 0.6) is 11.5 Å². The van der Waals surface area contributed by atoms with Crippen LogP contribution in [-0.2, 0) is 0 Å². The molecule has 40 heavy (non-hydrogen) atoms. The van der Waals surface area contributed by atoms with Gasteiger partial charge in [-0.3, -0.25) is 0 Å². The molecule has 0 spiro atoms. The zero-order valence-electron chi connectivity index (χ0n) is 21.8. The van der Waals surface area contributed by atoms with Crippen molar-refractivity contribution in [3.63, 3.8) is 0 Å². The molecule has 2 nitrogen and oxygen atoms in total. The molecule has 0 amide bonds. The predicted octanol–water partition coefficient (Wildman–Crippen LogP) is 3.78. The predicted molar refractivity (Wildman–Crippen MR) is 169 cm³/mol. The molecule has 0 radical (unpaired) electrons. The van der Waals surface area contributed by atoms with Crippen molar-refractivity contribution in [1.29, 1.82) is 0 Å². The van der Waals surface area contributed by atoms with Crippen molar-refractivity contribution in [3.8, 4) is 11.5 Å². The van der Waals surface area contributed by atoms with Crippen LogP contribution in [0.25, 0.3) is 0 Å². The van der Waals surface area contributed by atoms with Crippen LogP contribution in [-0.4, -0.2) is 14.8 Å². The Balaban J connectivity index is 1.49. The first kappa shape index (κ1) is 22.1. The van der Waals surface area contributed by atoms with Crippen LogP contribution in [0, 0.1) is 0 Å². The minimum atomic E-state index is -2.69. The molecule has 0 unspecified atom stereocenters. The van der Waals surface area contributed by atoms with Crippen molar-refractivity contribution >= 4 is 69.0 Å². The van der Waals surface area contributed by atoms with Crippen molar-refractivity contribution in [1.82, 2.24) is 0 Å². The van der Waals surface area contributed by atoms with Gasteiger partial charge >= 0.3 is 0 Å². The molecule has 3 heterocycles. The quantitative estimate of drug-likeness (QED) is 0.326. The first-order valence-electron chi connectivity index (χ1n) is 13.9. The smallest absolute Gasteiger partial charge is 0.256 e. The van der Waals surface area contributed by atoms with Gasteiger partial charge in [-0.2, -0.15) is 0 Å². The Hall–Kier alpha value is -4.80. The fourth-order valence-electron chi connectivity index (χ4n) is 7.59. The standard InChI is InChI=1S/C36H24BNOSi/c1-4-13-25(14-5-1)38-28-19-10-21-30-34(28)37-35-29(38)20-11-23-32(35)40(26-15-6-2-7-16-26,27-17-8-3-9-18-27)33-24-12-22-31(39-30)36(33)37/h1-24H. The first-order chi connectivity index (χ1) is 19.9. The Morgan fingerprint density at radius 1 is 0.450 bits per heavy atom. The molecule has 0 bridgehead atoms. The largest absolute Gasteiger partial charge is 0.458 e. The number of ether oxygens (including phenoxy) is 1. The molecule has 0 aromatic heterocycles. The van der Waals surface area contributed by atoms with E-state index >= 15 is 0 Å². The van der Waals surface area contributed by atoms with Crippen LogP contribution >= 0.6 is 0 Å². The van der Waals surface area contributed by atoms with E-state index in [-0.39, 0.29) is 6.71 Å². The van der Waals surface area contributed by atoms with E-state index < -0.39 is 8.07 Å². The molecule has 0 atom stereocenters. The van der Waals surface area contributed by atoms with Crippen LogP contribution in [0.3, 0.4) is 0 Å². The second-order valence-corrected chi connectivity index (χ2v) is 14.6. The summed E-state index contributed by atoms with van der Waals surface area (Å²) in [7, 11) is -2.69. The number of anilines is 3. The molecule has 0 saturated heterocycles. The van der Waals surface area contributed by atoms with E-state index in [9.17, 15) is 0 Å². The summed E-state index contributed by atoms with van der Waals surface area (Å²) in [6.07, 6.45) is 0. The zero-order chi connectivity index (χ0) is 26.3. The highest BCUT2D eigenvalue weighted by Crippen LogP contribution is 2.40. The molecule has 3 aliphatic rings. The summed E-state index contributed by atoms with van der Waals surface area (Å²) in [5.74, 6) is 1.95. The summed E-state index contributed by atoms with van der Waals surface area (Å²) in [6, 6.07) is 53.5. The van der Waals surface area contributed by atoms with Crippen molar-refractivity contribution < 1.29 is 4.74 Å². The highest BCUT2D eigenvalue weighted by Gasteiger charge is 2.55. The van der Waals surface area contributed by atoms with Gasteiger partial charge in [-0.05, 0) is 73.5 Å². The third-order valence-corrected chi connectivity index (χ3v) is 13.9. The van der Waals surface area contributed by atoms with E-state index in [0.29, 0.717) is 0 Å².